The zero-order valence-electron chi connectivity index (χ0n) is 10.5. The highest BCUT2D eigenvalue weighted by molar-refractivity contribution is 7.09. The number of aryl methyl sites for hydroxylation is 1. The van der Waals surface area contributed by atoms with E-state index in [1.165, 1.54) is 11.3 Å². The van der Waals surface area contributed by atoms with Crippen LogP contribution >= 0.6 is 11.3 Å². The lowest BCUT2D eigenvalue weighted by Crippen LogP contribution is -2.22. The van der Waals surface area contributed by atoms with Crippen molar-refractivity contribution in [1.29, 1.82) is 0 Å². The van der Waals surface area contributed by atoms with Gasteiger partial charge in [-0.05, 0) is 32.7 Å². The first-order valence-corrected chi connectivity index (χ1v) is 6.79. The summed E-state index contributed by atoms with van der Waals surface area (Å²) >= 11 is 1.75. The fourth-order valence-corrected chi connectivity index (χ4v) is 2.63. The minimum atomic E-state index is 0.447. The lowest BCUT2D eigenvalue weighted by Gasteiger charge is -2.17. The fourth-order valence-electron chi connectivity index (χ4n) is 1.72. The summed E-state index contributed by atoms with van der Waals surface area (Å²) in [6.07, 6.45) is 3.38. The summed E-state index contributed by atoms with van der Waals surface area (Å²) in [6.45, 7) is 6.18. The van der Waals surface area contributed by atoms with Gasteiger partial charge < -0.3 is 10.1 Å². The van der Waals surface area contributed by atoms with Gasteiger partial charge in [0, 0.05) is 24.6 Å². The Kier molecular flexibility index (Phi) is 6.61. The molecular formula is C12H22N2OS. The number of nitrogens with zero attached hydrogens (tertiary/aromatic N) is 1. The third-order valence-electron chi connectivity index (χ3n) is 2.58. The lowest BCUT2D eigenvalue weighted by molar-refractivity contribution is 0.189. The van der Waals surface area contributed by atoms with E-state index in [0.717, 1.165) is 31.7 Å². The number of hydrogen-bond acceptors (Lipinski definition) is 4. The number of methoxy groups -OCH3 is 1. The molecule has 0 aliphatic carbocycles. The summed E-state index contributed by atoms with van der Waals surface area (Å²) in [5.74, 6) is 0. The summed E-state index contributed by atoms with van der Waals surface area (Å²) in [4.78, 5) is 5.70. The zero-order valence-corrected chi connectivity index (χ0v) is 11.3. The van der Waals surface area contributed by atoms with Crippen molar-refractivity contribution in [2.75, 3.05) is 20.3 Å². The Morgan fingerprint density at radius 2 is 2.38 bits per heavy atom. The van der Waals surface area contributed by atoms with Crippen molar-refractivity contribution in [3.63, 3.8) is 0 Å². The van der Waals surface area contributed by atoms with Gasteiger partial charge in [0.05, 0.1) is 11.2 Å². The predicted octanol–water partition coefficient (Wildman–Crippen LogP) is 2.92. The number of hydrogen-bond donors (Lipinski definition) is 1. The van der Waals surface area contributed by atoms with Crippen LogP contribution in [-0.2, 0) is 4.74 Å². The van der Waals surface area contributed by atoms with Crippen molar-refractivity contribution in [2.45, 2.75) is 39.2 Å². The number of rotatable bonds is 8. The molecule has 0 fully saturated rings. The zero-order chi connectivity index (χ0) is 11.8. The van der Waals surface area contributed by atoms with Gasteiger partial charge in [-0.3, -0.25) is 0 Å². The molecule has 0 radical (unpaired) electrons. The van der Waals surface area contributed by atoms with Gasteiger partial charge in [0.1, 0.15) is 0 Å². The summed E-state index contributed by atoms with van der Waals surface area (Å²) in [6, 6.07) is 0.447. The molecule has 1 unspecified atom stereocenters. The Morgan fingerprint density at radius 3 is 2.94 bits per heavy atom. The summed E-state index contributed by atoms with van der Waals surface area (Å²) in [7, 11) is 1.76. The average Bonchev–Trinajstić information content (AvgIpc) is 2.70. The topological polar surface area (TPSA) is 34.1 Å². The Labute approximate surface area is 102 Å². The molecule has 1 atom stereocenters. The van der Waals surface area contributed by atoms with Crippen LogP contribution in [0.2, 0.25) is 0 Å². The van der Waals surface area contributed by atoms with Gasteiger partial charge >= 0.3 is 0 Å². The molecule has 0 aromatic carbocycles. The van der Waals surface area contributed by atoms with E-state index < -0.39 is 0 Å². The molecule has 0 spiro atoms. The third-order valence-corrected chi connectivity index (χ3v) is 3.63. The lowest BCUT2D eigenvalue weighted by atomic mass is 10.1. The predicted molar refractivity (Wildman–Crippen MR) is 69.0 cm³/mol. The van der Waals surface area contributed by atoms with E-state index >= 15 is 0 Å². The fraction of sp³-hybridized carbons (Fsp3) is 0.750. The smallest absolute Gasteiger partial charge is 0.0798 e. The number of thiazole rings is 1. The van der Waals surface area contributed by atoms with Crippen molar-refractivity contribution in [1.82, 2.24) is 10.3 Å². The van der Waals surface area contributed by atoms with Crippen LogP contribution in [0.1, 0.15) is 42.8 Å². The first-order valence-electron chi connectivity index (χ1n) is 5.91. The van der Waals surface area contributed by atoms with Gasteiger partial charge in [0.2, 0.25) is 0 Å². The molecule has 3 nitrogen and oxygen atoms in total. The number of nitrogens with one attached hydrogen (secondary N) is 1. The SMILES string of the molecule is CCCNC(CCCOC)c1scnc1C. The van der Waals surface area contributed by atoms with E-state index in [4.69, 9.17) is 4.74 Å². The minimum Gasteiger partial charge on any atom is -0.385 e. The van der Waals surface area contributed by atoms with Crippen molar-refractivity contribution in [3.05, 3.63) is 16.1 Å². The molecule has 92 valence electrons. The second-order valence-electron chi connectivity index (χ2n) is 3.94. The van der Waals surface area contributed by atoms with Crippen LogP contribution in [0.15, 0.2) is 5.51 Å². The van der Waals surface area contributed by atoms with Gasteiger partial charge in [-0.2, -0.15) is 0 Å². The third kappa shape index (κ3) is 4.20. The Hall–Kier alpha value is -0.450. The molecule has 16 heavy (non-hydrogen) atoms. The van der Waals surface area contributed by atoms with Gasteiger partial charge in [-0.15, -0.1) is 11.3 Å². The van der Waals surface area contributed by atoms with Gasteiger partial charge in [-0.1, -0.05) is 6.92 Å². The van der Waals surface area contributed by atoms with E-state index in [-0.39, 0.29) is 0 Å². The van der Waals surface area contributed by atoms with Gasteiger partial charge in [-0.25, -0.2) is 4.98 Å². The largest absolute Gasteiger partial charge is 0.385 e. The van der Waals surface area contributed by atoms with Crippen LogP contribution in [0, 0.1) is 6.92 Å². The highest BCUT2D eigenvalue weighted by atomic mass is 32.1. The molecule has 0 aliphatic rings. The highest BCUT2D eigenvalue weighted by Crippen LogP contribution is 2.25. The summed E-state index contributed by atoms with van der Waals surface area (Å²) in [5.41, 5.74) is 3.10. The molecule has 1 aromatic heterocycles. The van der Waals surface area contributed by atoms with E-state index in [1.54, 1.807) is 18.4 Å². The maximum Gasteiger partial charge on any atom is 0.0798 e. The van der Waals surface area contributed by atoms with E-state index in [9.17, 15) is 0 Å². The molecule has 1 heterocycles. The van der Waals surface area contributed by atoms with Crippen molar-refractivity contribution >= 4 is 11.3 Å². The molecule has 0 bridgehead atoms. The van der Waals surface area contributed by atoms with E-state index in [1.807, 2.05) is 5.51 Å². The molecular weight excluding hydrogens is 220 g/mol. The Bertz CT molecular complexity index is 288. The van der Waals surface area contributed by atoms with E-state index in [0.29, 0.717) is 6.04 Å². The highest BCUT2D eigenvalue weighted by Gasteiger charge is 2.14. The monoisotopic (exact) mass is 242 g/mol. The molecule has 4 heteroatoms. The van der Waals surface area contributed by atoms with Gasteiger partial charge in [0.15, 0.2) is 0 Å². The first-order chi connectivity index (χ1) is 7.79. The van der Waals surface area contributed by atoms with E-state index in [2.05, 4.69) is 24.1 Å². The second-order valence-corrected chi connectivity index (χ2v) is 4.83. The second kappa shape index (κ2) is 7.76. The Morgan fingerprint density at radius 1 is 1.56 bits per heavy atom. The number of ether oxygens (including phenoxy) is 1. The van der Waals surface area contributed by atoms with Crippen LogP contribution in [0.4, 0.5) is 0 Å². The molecule has 0 aliphatic heterocycles. The summed E-state index contributed by atoms with van der Waals surface area (Å²) in [5, 5.41) is 3.59. The maximum absolute atomic E-state index is 5.10. The number of aromatic nitrogens is 1. The van der Waals surface area contributed by atoms with Crippen molar-refractivity contribution in [2.24, 2.45) is 0 Å². The molecule has 0 amide bonds. The quantitative estimate of drug-likeness (QED) is 0.712. The van der Waals surface area contributed by atoms with Crippen LogP contribution in [0.25, 0.3) is 0 Å². The standard InChI is InChI=1S/C12H22N2OS/c1-4-7-13-11(6-5-8-15-3)12-10(2)14-9-16-12/h9,11,13H,4-8H2,1-3H3. The van der Waals surface area contributed by atoms with Crippen LogP contribution in [0.3, 0.4) is 0 Å². The molecule has 1 N–H and O–H groups in total. The molecule has 0 saturated heterocycles. The molecule has 1 rings (SSSR count). The van der Waals surface area contributed by atoms with Crippen LogP contribution in [-0.4, -0.2) is 25.2 Å². The Balaban J connectivity index is 2.53. The minimum absolute atomic E-state index is 0.447. The summed E-state index contributed by atoms with van der Waals surface area (Å²) < 4.78 is 5.10. The van der Waals surface area contributed by atoms with Crippen LogP contribution in [0.5, 0.6) is 0 Å². The van der Waals surface area contributed by atoms with Crippen molar-refractivity contribution < 1.29 is 4.74 Å². The van der Waals surface area contributed by atoms with Gasteiger partial charge in [0.25, 0.3) is 0 Å². The first kappa shape index (κ1) is 13.6. The average molecular weight is 242 g/mol. The maximum atomic E-state index is 5.10. The van der Waals surface area contributed by atoms with Crippen molar-refractivity contribution in [3.8, 4) is 0 Å². The van der Waals surface area contributed by atoms with Crippen LogP contribution < -0.4 is 5.32 Å². The normalized spacial score (nSPS) is 12.9. The molecule has 1 aromatic rings. The molecule has 0 saturated carbocycles.